The van der Waals surface area contributed by atoms with Crippen LogP contribution < -0.4 is 25.6 Å². The van der Waals surface area contributed by atoms with Crippen molar-refractivity contribution in [3.8, 4) is 5.75 Å². The molecule has 3 N–H and O–H groups in total. The number of halogens is 3. The van der Waals surface area contributed by atoms with Gasteiger partial charge in [-0.1, -0.05) is 12.6 Å². The van der Waals surface area contributed by atoms with E-state index in [2.05, 4.69) is 37.5 Å². The van der Waals surface area contributed by atoms with Crippen molar-refractivity contribution in [3.05, 3.63) is 60.9 Å². The maximum absolute atomic E-state index is 13.0. The van der Waals surface area contributed by atoms with E-state index in [1.54, 1.807) is 12.1 Å². The minimum Gasteiger partial charge on any atom is -0.494 e. The number of carbonyl (C=O) groups excluding carboxylic acids is 1. The van der Waals surface area contributed by atoms with Gasteiger partial charge in [-0.15, -0.1) is 0 Å². The molecule has 0 atom stereocenters. The topological polar surface area (TPSA) is 108 Å². The second-order valence-corrected chi connectivity index (χ2v) is 8.45. The number of methoxy groups -OCH3 is 1. The van der Waals surface area contributed by atoms with Gasteiger partial charge in [-0.25, -0.2) is 9.97 Å². The van der Waals surface area contributed by atoms with Crippen LogP contribution in [0.25, 0.3) is 0 Å². The van der Waals surface area contributed by atoms with Crippen molar-refractivity contribution in [2.24, 2.45) is 0 Å². The van der Waals surface area contributed by atoms with Gasteiger partial charge in [-0.3, -0.25) is 4.79 Å². The average Bonchev–Trinajstić information content (AvgIpc) is 2.87. The third kappa shape index (κ3) is 7.56. The summed E-state index contributed by atoms with van der Waals surface area (Å²) in [7, 11) is 7.33. The Bertz CT molecular complexity index is 1280. The van der Waals surface area contributed by atoms with Gasteiger partial charge in [-0.05, 0) is 44.4 Å². The number of rotatable bonds is 11. The van der Waals surface area contributed by atoms with Crippen LogP contribution in [0.2, 0.25) is 0 Å². The molecule has 0 spiro atoms. The summed E-state index contributed by atoms with van der Waals surface area (Å²) < 4.78 is 44.7. The van der Waals surface area contributed by atoms with E-state index in [1.807, 2.05) is 30.9 Å². The fourth-order valence-electron chi connectivity index (χ4n) is 3.35. The van der Waals surface area contributed by atoms with Crippen LogP contribution in [0.5, 0.6) is 5.75 Å². The van der Waals surface area contributed by atoms with Gasteiger partial charge < -0.3 is 30.5 Å². The van der Waals surface area contributed by atoms with Crippen LogP contribution in [0.1, 0.15) is 5.56 Å². The Morgan fingerprint density at radius 3 is 2.39 bits per heavy atom. The zero-order valence-corrected chi connectivity index (χ0v) is 21.4. The molecule has 0 unspecified atom stereocenters. The Morgan fingerprint density at radius 1 is 1.05 bits per heavy atom. The molecule has 0 aliphatic heterocycles. The summed E-state index contributed by atoms with van der Waals surface area (Å²) in [5.74, 6) is 0.181. The number of nitrogens with one attached hydrogen (secondary N) is 3. The first-order valence-corrected chi connectivity index (χ1v) is 11.4. The van der Waals surface area contributed by atoms with Crippen LogP contribution in [-0.2, 0) is 11.0 Å². The quantitative estimate of drug-likeness (QED) is 0.309. The largest absolute Gasteiger partial charge is 0.494 e. The highest BCUT2D eigenvalue weighted by atomic mass is 19.4. The molecule has 38 heavy (non-hydrogen) atoms. The molecule has 1 amide bonds. The Labute approximate surface area is 218 Å². The van der Waals surface area contributed by atoms with Crippen LogP contribution in [0.15, 0.2) is 55.4 Å². The van der Waals surface area contributed by atoms with Crippen molar-refractivity contribution in [1.29, 1.82) is 0 Å². The molecule has 0 radical (unpaired) electrons. The van der Waals surface area contributed by atoms with Crippen LogP contribution in [0.4, 0.5) is 47.8 Å². The summed E-state index contributed by atoms with van der Waals surface area (Å²) >= 11 is 0. The second kappa shape index (κ2) is 12.2. The highest BCUT2D eigenvalue weighted by Gasteiger charge is 2.30. The maximum atomic E-state index is 13.0. The number of likely N-dealkylation sites (N-methyl/N-ethyl adjacent to an activating group) is 2. The minimum absolute atomic E-state index is 0.0287. The lowest BCUT2D eigenvalue weighted by atomic mass is 10.2. The molecule has 3 rings (SSSR count). The second-order valence-electron chi connectivity index (χ2n) is 8.45. The number of alkyl halides is 3. The maximum Gasteiger partial charge on any atom is 0.416 e. The fourth-order valence-corrected chi connectivity index (χ4v) is 3.35. The van der Waals surface area contributed by atoms with Gasteiger partial charge in [0.05, 0.1) is 29.7 Å². The molecule has 1 heterocycles. The molecule has 13 heteroatoms. The van der Waals surface area contributed by atoms with Gasteiger partial charge in [0.15, 0.2) is 0 Å². The molecule has 0 saturated heterocycles. The number of hydrogen-bond donors (Lipinski definition) is 3. The van der Waals surface area contributed by atoms with Crippen LogP contribution in [0, 0.1) is 0 Å². The molecule has 0 bridgehead atoms. The number of carbonyl (C=O) groups is 1. The smallest absolute Gasteiger partial charge is 0.416 e. The highest BCUT2D eigenvalue weighted by molar-refractivity contribution is 6.02. The average molecular weight is 531 g/mol. The summed E-state index contributed by atoms with van der Waals surface area (Å²) in [4.78, 5) is 28.5. The molecule has 0 aliphatic rings. The first kappa shape index (κ1) is 28.2. The molecule has 3 aromatic rings. The summed E-state index contributed by atoms with van der Waals surface area (Å²) in [6, 6.07) is 8.12. The normalized spacial score (nSPS) is 11.2. The Kier molecular flexibility index (Phi) is 9.07. The van der Waals surface area contributed by atoms with Crippen LogP contribution in [0.3, 0.4) is 0 Å². The van der Waals surface area contributed by atoms with E-state index >= 15 is 0 Å². The molecule has 0 fully saturated rings. The lowest BCUT2D eigenvalue weighted by Gasteiger charge is -2.26. The monoisotopic (exact) mass is 530 g/mol. The first-order chi connectivity index (χ1) is 18.0. The predicted octanol–water partition coefficient (Wildman–Crippen LogP) is 4.51. The molecular formula is C25H29F3N8O2. The zero-order valence-electron chi connectivity index (χ0n) is 21.4. The number of benzene rings is 2. The predicted molar refractivity (Wildman–Crippen MR) is 141 cm³/mol. The zero-order chi connectivity index (χ0) is 27.9. The molecule has 10 nitrogen and oxygen atoms in total. The van der Waals surface area contributed by atoms with Crippen molar-refractivity contribution in [3.63, 3.8) is 0 Å². The molecular weight excluding hydrogens is 501 g/mol. The van der Waals surface area contributed by atoms with Crippen LogP contribution >= 0.6 is 0 Å². The van der Waals surface area contributed by atoms with Gasteiger partial charge in [0.2, 0.25) is 17.8 Å². The van der Waals surface area contributed by atoms with Gasteiger partial charge in [0.25, 0.3) is 0 Å². The van der Waals surface area contributed by atoms with Crippen LogP contribution in [-0.4, -0.2) is 67.1 Å². The van der Waals surface area contributed by atoms with E-state index in [9.17, 15) is 18.0 Å². The number of ether oxygens (including phenoxy) is 1. The van der Waals surface area contributed by atoms with E-state index < -0.39 is 17.6 Å². The number of anilines is 6. The Hall–Kier alpha value is -4.39. The van der Waals surface area contributed by atoms with Crippen molar-refractivity contribution in [2.75, 3.05) is 62.2 Å². The molecule has 202 valence electrons. The first-order valence-electron chi connectivity index (χ1n) is 11.4. The van der Waals surface area contributed by atoms with Gasteiger partial charge >= 0.3 is 6.18 Å². The molecule has 0 saturated carbocycles. The number of nitrogens with zero attached hydrogens (tertiary/aromatic N) is 5. The third-order valence-corrected chi connectivity index (χ3v) is 5.32. The number of hydrogen-bond acceptors (Lipinski definition) is 9. The van der Waals surface area contributed by atoms with Gasteiger partial charge in [-0.2, -0.15) is 18.2 Å². The fraction of sp³-hybridized carbons (Fsp3) is 0.280. The van der Waals surface area contributed by atoms with Crippen molar-refractivity contribution in [1.82, 2.24) is 19.9 Å². The minimum atomic E-state index is -4.48. The Morgan fingerprint density at radius 2 is 1.76 bits per heavy atom. The van der Waals surface area contributed by atoms with Gasteiger partial charge in [0, 0.05) is 31.9 Å². The number of amides is 1. The summed E-state index contributed by atoms with van der Waals surface area (Å²) in [6.07, 6.45) is -2.11. The van der Waals surface area contributed by atoms with Gasteiger partial charge in [0.1, 0.15) is 12.1 Å². The van der Waals surface area contributed by atoms with Crippen molar-refractivity contribution < 1.29 is 22.7 Å². The number of aromatic nitrogens is 3. The standard InChI is InChI=1S/C25H29F3N8O2/c1-6-22(37)32-18-13-19(21(38-5)14-20(18)36(4)11-10-35(2)3)33-24-30-15-29-23(34-24)31-17-9-7-8-16(12-17)25(26,27)28/h6-9,12-15H,1,10-11H2,2-5H3,(H,32,37)(H2,29,30,31,33,34). The molecule has 0 aliphatic carbocycles. The SMILES string of the molecule is C=CC(=O)Nc1cc(Nc2ncnc(Nc3cccc(C(F)(F)F)c3)n2)c(OC)cc1N(C)CCN(C)C. The third-order valence-electron chi connectivity index (χ3n) is 5.32. The van der Waals surface area contributed by atoms with E-state index in [1.165, 1.54) is 31.6 Å². The summed E-state index contributed by atoms with van der Waals surface area (Å²) in [5, 5.41) is 8.58. The summed E-state index contributed by atoms with van der Waals surface area (Å²) in [5.41, 5.74) is 1.01. The summed E-state index contributed by atoms with van der Waals surface area (Å²) in [6.45, 7) is 4.97. The van der Waals surface area contributed by atoms with E-state index in [0.29, 0.717) is 29.4 Å². The van der Waals surface area contributed by atoms with Crippen molar-refractivity contribution in [2.45, 2.75) is 6.18 Å². The van der Waals surface area contributed by atoms with Crippen molar-refractivity contribution >= 4 is 40.6 Å². The lowest BCUT2D eigenvalue weighted by Crippen LogP contribution is -2.29. The molecule has 1 aromatic heterocycles. The lowest BCUT2D eigenvalue weighted by molar-refractivity contribution is -0.137. The van der Waals surface area contributed by atoms with E-state index in [4.69, 9.17) is 4.74 Å². The molecule has 2 aromatic carbocycles. The highest BCUT2D eigenvalue weighted by Crippen LogP contribution is 2.38. The van der Waals surface area contributed by atoms with E-state index in [-0.39, 0.29) is 17.6 Å². The van der Waals surface area contributed by atoms with E-state index in [0.717, 1.165) is 18.7 Å². The Balaban J connectivity index is 1.90.